The standard InChI is InChI=1S/C15H18O/c1-4-11(2)12-7-5-9-14-13(12)8-6-10-15(14)16-3/h5-11H,4H2,1-3H3. The molecule has 2 aromatic carbocycles. The summed E-state index contributed by atoms with van der Waals surface area (Å²) in [6.45, 7) is 4.50. The predicted octanol–water partition coefficient (Wildman–Crippen LogP) is 4.36. The molecule has 1 nitrogen and oxygen atoms in total. The van der Waals surface area contributed by atoms with Gasteiger partial charge in [-0.3, -0.25) is 0 Å². The molecule has 0 amide bonds. The van der Waals surface area contributed by atoms with Crippen molar-refractivity contribution >= 4 is 10.8 Å². The van der Waals surface area contributed by atoms with Crippen LogP contribution < -0.4 is 4.74 Å². The molecule has 1 atom stereocenters. The lowest BCUT2D eigenvalue weighted by Crippen LogP contribution is -1.93. The van der Waals surface area contributed by atoms with Gasteiger partial charge in [0.05, 0.1) is 7.11 Å². The highest BCUT2D eigenvalue weighted by atomic mass is 16.5. The van der Waals surface area contributed by atoms with E-state index in [9.17, 15) is 0 Å². The van der Waals surface area contributed by atoms with Gasteiger partial charge in [-0.1, -0.05) is 44.2 Å². The summed E-state index contributed by atoms with van der Waals surface area (Å²) < 4.78 is 5.40. The van der Waals surface area contributed by atoms with E-state index in [0.717, 1.165) is 12.2 Å². The van der Waals surface area contributed by atoms with Gasteiger partial charge in [0.25, 0.3) is 0 Å². The van der Waals surface area contributed by atoms with Crippen LogP contribution in [0.1, 0.15) is 31.7 Å². The normalized spacial score (nSPS) is 12.7. The topological polar surface area (TPSA) is 9.23 Å². The number of hydrogen-bond donors (Lipinski definition) is 0. The molecule has 0 aromatic heterocycles. The second-order valence-corrected chi connectivity index (χ2v) is 4.21. The van der Waals surface area contributed by atoms with E-state index in [1.165, 1.54) is 16.3 Å². The van der Waals surface area contributed by atoms with Gasteiger partial charge < -0.3 is 4.74 Å². The van der Waals surface area contributed by atoms with E-state index < -0.39 is 0 Å². The lowest BCUT2D eigenvalue weighted by molar-refractivity contribution is 0.420. The van der Waals surface area contributed by atoms with Gasteiger partial charge in [-0.05, 0) is 29.4 Å². The molecule has 2 aromatic rings. The monoisotopic (exact) mass is 214 g/mol. The van der Waals surface area contributed by atoms with Gasteiger partial charge in [0.1, 0.15) is 5.75 Å². The van der Waals surface area contributed by atoms with E-state index in [1.807, 2.05) is 6.07 Å². The minimum atomic E-state index is 0.593. The molecule has 16 heavy (non-hydrogen) atoms. The van der Waals surface area contributed by atoms with Crippen LogP contribution in [-0.4, -0.2) is 7.11 Å². The quantitative estimate of drug-likeness (QED) is 0.737. The summed E-state index contributed by atoms with van der Waals surface area (Å²) in [6, 6.07) is 12.7. The highest BCUT2D eigenvalue weighted by molar-refractivity contribution is 5.91. The summed E-state index contributed by atoms with van der Waals surface area (Å²) in [7, 11) is 1.73. The van der Waals surface area contributed by atoms with Crippen LogP contribution in [0.25, 0.3) is 10.8 Å². The minimum Gasteiger partial charge on any atom is -0.496 e. The van der Waals surface area contributed by atoms with Crippen LogP contribution in [0.5, 0.6) is 5.75 Å². The zero-order chi connectivity index (χ0) is 11.5. The molecule has 0 radical (unpaired) electrons. The highest BCUT2D eigenvalue weighted by Gasteiger charge is 2.09. The van der Waals surface area contributed by atoms with Crippen LogP contribution in [-0.2, 0) is 0 Å². The van der Waals surface area contributed by atoms with Crippen LogP contribution in [0.3, 0.4) is 0 Å². The Labute approximate surface area is 97.1 Å². The first-order valence-electron chi connectivity index (χ1n) is 5.83. The first-order valence-corrected chi connectivity index (χ1v) is 5.83. The largest absolute Gasteiger partial charge is 0.496 e. The Bertz CT molecular complexity index is 488. The molecule has 1 heteroatoms. The van der Waals surface area contributed by atoms with Gasteiger partial charge in [0.2, 0.25) is 0 Å². The Kier molecular flexibility index (Phi) is 3.14. The molecule has 0 heterocycles. The second-order valence-electron chi connectivity index (χ2n) is 4.21. The molecule has 1 unspecified atom stereocenters. The third-order valence-electron chi connectivity index (χ3n) is 3.28. The number of rotatable bonds is 3. The van der Waals surface area contributed by atoms with Crippen molar-refractivity contribution in [3.05, 3.63) is 42.0 Å². The Morgan fingerprint density at radius 1 is 1.06 bits per heavy atom. The van der Waals surface area contributed by atoms with Gasteiger partial charge in [0.15, 0.2) is 0 Å². The average molecular weight is 214 g/mol. The zero-order valence-electron chi connectivity index (χ0n) is 10.2. The third-order valence-corrected chi connectivity index (χ3v) is 3.28. The Balaban J connectivity index is 2.69. The van der Waals surface area contributed by atoms with E-state index in [2.05, 4.69) is 44.2 Å². The molecular formula is C15H18O. The van der Waals surface area contributed by atoms with Crippen molar-refractivity contribution in [1.82, 2.24) is 0 Å². The van der Waals surface area contributed by atoms with E-state index in [0.29, 0.717) is 5.92 Å². The molecule has 2 rings (SSSR count). The average Bonchev–Trinajstić information content (AvgIpc) is 2.36. The lowest BCUT2D eigenvalue weighted by atomic mass is 9.93. The Morgan fingerprint density at radius 3 is 2.44 bits per heavy atom. The molecule has 84 valence electrons. The summed E-state index contributed by atoms with van der Waals surface area (Å²) in [5.41, 5.74) is 1.42. The predicted molar refractivity (Wildman–Crippen MR) is 69.2 cm³/mol. The van der Waals surface area contributed by atoms with Gasteiger partial charge in [-0.25, -0.2) is 0 Å². The van der Waals surface area contributed by atoms with E-state index in [4.69, 9.17) is 4.74 Å². The molecule has 0 aliphatic rings. The second kappa shape index (κ2) is 4.56. The molecule has 0 aliphatic carbocycles. The van der Waals surface area contributed by atoms with Crippen molar-refractivity contribution in [3.63, 3.8) is 0 Å². The smallest absolute Gasteiger partial charge is 0.126 e. The molecule has 0 bridgehead atoms. The number of hydrogen-bond acceptors (Lipinski definition) is 1. The summed E-state index contributed by atoms with van der Waals surface area (Å²) in [4.78, 5) is 0. The zero-order valence-corrected chi connectivity index (χ0v) is 10.2. The maximum atomic E-state index is 5.40. The van der Waals surface area contributed by atoms with Gasteiger partial charge in [0, 0.05) is 5.39 Å². The number of methoxy groups -OCH3 is 1. The molecule has 0 fully saturated rings. The number of fused-ring (bicyclic) bond motifs is 1. The Morgan fingerprint density at radius 2 is 1.75 bits per heavy atom. The van der Waals surface area contributed by atoms with Crippen molar-refractivity contribution < 1.29 is 4.74 Å². The summed E-state index contributed by atoms with van der Waals surface area (Å²) in [5.74, 6) is 1.55. The van der Waals surface area contributed by atoms with Crippen molar-refractivity contribution in [3.8, 4) is 5.75 Å². The molecular weight excluding hydrogens is 196 g/mol. The fourth-order valence-electron chi connectivity index (χ4n) is 2.13. The third kappa shape index (κ3) is 1.78. The van der Waals surface area contributed by atoms with Crippen molar-refractivity contribution in [2.24, 2.45) is 0 Å². The van der Waals surface area contributed by atoms with Crippen LogP contribution in [0.4, 0.5) is 0 Å². The van der Waals surface area contributed by atoms with Crippen LogP contribution >= 0.6 is 0 Å². The van der Waals surface area contributed by atoms with Gasteiger partial charge in [-0.15, -0.1) is 0 Å². The first kappa shape index (κ1) is 11.0. The van der Waals surface area contributed by atoms with E-state index in [1.54, 1.807) is 7.11 Å². The highest BCUT2D eigenvalue weighted by Crippen LogP contribution is 2.32. The van der Waals surface area contributed by atoms with Gasteiger partial charge >= 0.3 is 0 Å². The van der Waals surface area contributed by atoms with Crippen molar-refractivity contribution in [1.29, 1.82) is 0 Å². The lowest BCUT2D eigenvalue weighted by Gasteiger charge is -2.14. The molecule has 0 spiro atoms. The van der Waals surface area contributed by atoms with Crippen LogP contribution in [0.2, 0.25) is 0 Å². The summed E-state index contributed by atoms with van der Waals surface area (Å²) in [6.07, 6.45) is 1.16. The van der Waals surface area contributed by atoms with Crippen LogP contribution in [0, 0.1) is 0 Å². The molecule has 0 saturated heterocycles. The summed E-state index contributed by atoms with van der Waals surface area (Å²) >= 11 is 0. The molecule has 0 N–H and O–H groups in total. The summed E-state index contributed by atoms with van der Waals surface area (Å²) in [5, 5.41) is 2.53. The minimum absolute atomic E-state index is 0.593. The first-order chi connectivity index (χ1) is 7.77. The number of ether oxygens (including phenoxy) is 1. The molecule has 0 aliphatic heterocycles. The Hall–Kier alpha value is -1.50. The number of benzene rings is 2. The maximum Gasteiger partial charge on any atom is 0.126 e. The van der Waals surface area contributed by atoms with Gasteiger partial charge in [-0.2, -0.15) is 0 Å². The van der Waals surface area contributed by atoms with Crippen molar-refractivity contribution in [2.45, 2.75) is 26.2 Å². The maximum absolute atomic E-state index is 5.40. The van der Waals surface area contributed by atoms with E-state index >= 15 is 0 Å². The molecule has 0 saturated carbocycles. The van der Waals surface area contributed by atoms with Crippen molar-refractivity contribution in [2.75, 3.05) is 7.11 Å². The van der Waals surface area contributed by atoms with Crippen LogP contribution in [0.15, 0.2) is 36.4 Å². The fourth-order valence-corrected chi connectivity index (χ4v) is 2.13. The SMILES string of the molecule is CCC(C)c1cccc2c(OC)cccc12. The fraction of sp³-hybridized carbons (Fsp3) is 0.333. The van der Waals surface area contributed by atoms with E-state index in [-0.39, 0.29) is 0 Å².